The molecule has 0 unspecified atom stereocenters. The largest absolute Gasteiger partial charge is 0.481 e. The second-order valence-corrected chi connectivity index (χ2v) is 10.4. The summed E-state index contributed by atoms with van der Waals surface area (Å²) in [5.41, 5.74) is 5.24. The van der Waals surface area contributed by atoms with Gasteiger partial charge in [-0.1, -0.05) is 86.3 Å². The van der Waals surface area contributed by atoms with E-state index in [2.05, 4.69) is 26.9 Å². The van der Waals surface area contributed by atoms with Gasteiger partial charge in [0.1, 0.15) is 6.61 Å². The number of aromatic nitrogens is 4. The smallest absolute Gasteiger partial charge is 0.374 e. The molecule has 9 nitrogen and oxygen atoms in total. The van der Waals surface area contributed by atoms with Gasteiger partial charge in [-0.15, -0.1) is 12.4 Å². The van der Waals surface area contributed by atoms with Crippen LogP contribution in [-0.2, 0) is 32.3 Å². The van der Waals surface area contributed by atoms with Crippen molar-refractivity contribution >= 4 is 41.6 Å². The predicted octanol–water partition coefficient (Wildman–Crippen LogP) is 6.98. The van der Waals surface area contributed by atoms with Crippen LogP contribution in [0.25, 0.3) is 0 Å². The molecule has 44 heavy (non-hydrogen) atoms. The Bertz CT molecular complexity index is 1540. The number of aliphatic hydroxyl groups excluding tert-OH is 1. The fraction of sp³-hybridized carbons (Fsp3) is 0.344. The highest BCUT2D eigenvalue weighted by atomic mass is 35.5. The Morgan fingerprint density at radius 3 is 1.61 bits per heavy atom. The highest BCUT2D eigenvalue weighted by Crippen LogP contribution is 2.28. The van der Waals surface area contributed by atoms with Gasteiger partial charge in [-0.3, -0.25) is 0 Å². The molecule has 0 saturated carbocycles. The molecule has 4 aromatic rings. The van der Waals surface area contributed by atoms with E-state index >= 15 is 0 Å². The van der Waals surface area contributed by atoms with E-state index in [-0.39, 0.29) is 30.7 Å². The van der Waals surface area contributed by atoms with Crippen LogP contribution in [0.1, 0.15) is 76.8 Å². The first-order chi connectivity index (χ1) is 20.8. The van der Waals surface area contributed by atoms with Crippen LogP contribution in [0.3, 0.4) is 0 Å². The quantitative estimate of drug-likeness (QED) is 0.165. The minimum Gasteiger partial charge on any atom is -0.481 e. The zero-order valence-corrected chi connectivity index (χ0v) is 27.5. The lowest BCUT2D eigenvalue weighted by Gasteiger charge is -2.14. The molecular weight excluding hydrogens is 627 g/mol. The topological polar surface area (TPSA) is 128 Å². The van der Waals surface area contributed by atoms with Crippen molar-refractivity contribution in [2.45, 2.75) is 59.0 Å². The fourth-order valence-corrected chi connectivity index (χ4v) is 4.88. The zero-order chi connectivity index (χ0) is 31.4. The molecule has 0 aliphatic heterocycles. The third-order valence-electron chi connectivity index (χ3n) is 6.50. The Morgan fingerprint density at radius 2 is 1.20 bits per heavy atom. The van der Waals surface area contributed by atoms with E-state index in [1.165, 1.54) is 7.11 Å². The Hall–Kier alpha value is -3.50. The molecule has 2 aromatic carbocycles. The monoisotopic (exact) mass is 662 g/mol. The molecule has 4 rings (SSSR count). The Kier molecular flexibility index (Phi) is 15.3. The maximum absolute atomic E-state index is 11.1. The van der Waals surface area contributed by atoms with Crippen molar-refractivity contribution in [1.82, 2.24) is 19.9 Å². The average Bonchev–Trinajstić information content (AvgIpc) is 3.01. The molecule has 2 aromatic heterocycles. The van der Waals surface area contributed by atoms with E-state index in [0.29, 0.717) is 46.7 Å². The number of aryl methyl sites for hydroxylation is 2. The number of methoxy groups -OCH3 is 2. The van der Waals surface area contributed by atoms with Crippen LogP contribution in [0.4, 0.5) is 0 Å². The molecular formula is C32H37Cl3N4O5. The molecule has 0 amide bonds. The van der Waals surface area contributed by atoms with Crippen molar-refractivity contribution in [2.75, 3.05) is 14.2 Å². The first-order valence-electron chi connectivity index (χ1n) is 13.9. The van der Waals surface area contributed by atoms with Crippen LogP contribution in [-0.4, -0.2) is 50.3 Å². The first-order valence-corrected chi connectivity index (χ1v) is 14.7. The van der Waals surface area contributed by atoms with Crippen LogP contribution >= 0.6 is 35.6 Å². The average molecular weight is 664 g/mol. The van der Waals surface area contributed by atoms with Gasteiger partial charge in [-0.05, 0) is 36.1 Å². The van der Waals surface area contributed by atoms with Crippen LogP contribution < -0.4 is 9.47 Å². The molecule has 12 heteroatoms. The standard InChI is InChI=1S/C16H17ClN2O3.C16H19ClN2O2.ClH/c1-3-6-13-11(9-10-7-4-5-8-12(10)17)15(22-2)19-14(18-13)16(20)21;1-3-6-14-12(9-11-7-4-5-8-13(11)17)16(21-2)19-15(10-20)18-14;/h4-5,7-8H,3,6,9H2,1-2H3,(H,20,21);4-5,7-8,20H,3,6,9-10H2,1-2H3;1H. The molecule has 2 N–H and O–H groups in total. The molecule has 0 fully saturated rings. The van der Waals surface area contributed by atoms with Gasteiger partial charge in [0.05, 0.1) is 25.6 Å². The summed E-state index contributed by atoms with van der Waals surface area (Å²) in [6.07, 6.45) is 4.38. The van der Waals surface area contributed by atoms with E-state index in [1.54, 1.807) is 7.11 Å². The summed E-state index contributed by atoms with van der Waals surface area (Å²) in [5, 5.41) is 19.8. The van der Waals surface area contributed by atoms with Gasteiger partial charge in [0, 0.05) is 34.0 Å². The number of hydrogen-bond donors (Lipinski definition) is 2. The van der Waals surface area contributed by atoms with E-state index in [1.807, 2.05) is 55.5 Å². The highest BCUT2D eigenvalue weighted by molar-refractivity contribution is 6.31. The minimum absolute atomic E-state index is 0. The third-order valence-corrected chi connectivity index (χ3v) is 7.24. The molecule has 0 atom stereocenters. The summed E-state index contributed by atoms with van der Waals surface area (Å²) < 4.78 is 10.7. The lowest BCUT2D eigenvalue weighted by atomic mass is 10.0. The Labute approximate surface area is 274 Å². The first kappa shape index (κ1) is 36.7. The summed E-state index contributed by atoms with van der Waals surface area (Å²) in [7, 11) is 3.05. The van der Waals surface area contributed by atoms with Gasteiger partial charge in [-0.2, -0.15) is 9.97 Å². The summed E-state index contributed by atoms with van der Waals surface area (Å²) >= 11 is 12.4. The molecule has 0 radical (unpaired) electrons. The van der Waals surface area contributed by atoms with Crippen molar-refractivity contribution in [2.24, 2.45) is 0 Å². The number of carboxylic acid groups (broad SMARTS) is 1. The van der Waals surface area contributed by atoms with Crippen molar-refractivity contribution in [1.29, 1.82) is 0 Å². The van der Waals surface area contributed by atoms with Gasteiger partial charge < -0.3 is 19.7 Å². The summed E-state index contributed by atoms with van der Waals surface area (Å²) in [4.78, 5) is 28.0. The molecule has 0 saturated heterocycles. The number of carboxylic acids is 1. The number of ether oxygens (including phenoxy) is 2. The number of nitrogens with zero attached hydrogens (tertiary/aromatic N) is 4. The van der Waals surface area contributed by atoms with Gasteiger partial charge in [0.25, 0.3) is 0 Å². The number of benzene rings is 2. The van der Waals surface area contributed by atoms with Crippen molar-refractivity contribution in [3.05, 3.63) is 104 Å². The molecule has 2 heterocycles. The van der Waals surface area contributed by atoms with Crippen LogP contribution in [0, 0.1) is 0 Å². The molecule has 236 valence electrons. The number of hydrogen-bond acceptors (Lipinski definition) is 8. The molecule has 0 spiro atoms. The summed E-state index contributed by atoms with van der Waals surface area (Å²) in [5.74, 6) is -0.227. The number of carbonyl (C=O) groups is 1. The van der Waals surface area contributed by atoms with Gasteiger partial charge in [-0.25, -0.2) is 14.8 Å². The predicted molar refractivity (Wildman–Crippen MR) is 174 cm³/mol. The van der Waals surface area contributed by atoms with Crippen molar-refractivity contribution in [3.63, 3.8) is 0 Å². The van der Waals surface area contributed by atoms with Crippen molar-refractivity contribution < 1.29 is 24.5 Å². The number of rotatable bonds is 12. The van der Waals surface area contributed by atoms with Crippen molar-refractivity contribution in [3.8, 4) is 11.8 Å². The third kappa shape index (κ3) is 9.75. The summed E-state index contributed by atoms with van der Waals surface area (Å²) in [6, 6.07) is 15.2. The van der Waals surface area contributed by atoms with E-state index in [9.17, 15) is 9.90 Å². The molecule has 0 aliphatic carbocycles. The fourth-order valence-electron chi connectivity index (χ4n) is 4.47. The summed E-state index contributed by atoms with van der Waals surface area (Å²) in [6.45, 7) is 3.90. The lowest BCUT2D eigenvalue weighted by molar-refractivity contribution is 0.0681. The molecule has 0 bridgehead atoms. The van der Waals surface area contributed by atoms with Gasteiger partial charge in [0.2, 0.25) is 17.6 Å². The number of aromatic carboxylic acids is 1. The van der Waals surface area contributed by atoms with E-state index in [4.69, 9.17) is 37.8 Å². The van der Waals surface area contributed by atoms with Gasteiger partial charge >= 0.3 is 5.97 Å². The number of aliphatic hydroxyl groups is 1. The molecule has 0 aliphatic rings. The SMILES string of the molecule is CCCc1nc(C(=O)O)nc(OC)c1Cc1ccccc1Cl.CCCc1nc(CO)nc(OC)c1Cc1ccccc1Cl.Cl. The number of halogens is 3. The highest BCUT2D eigenvalue weighted by Gasteiger charge is 2.19. The van der Waals surface area contributed by atoms with Crippen LogP contribution in [0.15, 0.2) is 48.5 Å². The maximum Gasteiger partial charge on any atom is 0.374 e. The van der Waals surface area contributed by atoms with Gasteiger partial charge in [0.15, 0.2) is 5.82 Å². The maximum atomic E-state index is 11.1. The normalized spacial score (nSPS) is 10.3. The second kappa shape index (κ2) is 18.3. The van der Waals surface area contributed by atoms with Crippen LogP contribution in [0.2, 0.25) is 10.0 Å². The Morgan fingerprint density at radius 1 is 0.750 bits per heavy atom. The van der Waals surface area contributed by atoms with E-state index < -0.39 is 5.97 Å². The van der Waals surface area contributed by atoms with E-state index in [0.717, 1.165) is 47.2 Å². The second-order valence-electron chi connectivity index (χ2n) is 9.56. The van der Waals surface area contributed by atoms with Crippen LogP contribution in [0.5, 0.6) is 11.8 Å². The minimum atomic E-state index is -1.17. The zero-order valence-electron chi connectivity index (χ0n) is 25.1. The lowest BCUT2D eigenvalue weighted by Crippen LogP contribution is -2.12. The Balaban J connectivity index is 0.000000300.